The van der Waals surface area contributed by atoms with Gasteiger partial charge < -0.3 is 18.9 Å². The average Bonchev–Trinajstić information content (AvgIpc) is 3.38. The molecule has 198 valence electrons. The van der Waals surface area contributed by atoms with Crippen LogP contribution in [0.3, 0.4) is 0 Å². The lowest BCUT2D eigenvalue weighted by Crippen LogP contribution is -2.44. The molecule has 0 saturated carbocycles. The number of carbonyl (C=O) groups is 2. The minimum absolute atomic E-state index is 0.129. The molecule has 0 spiro atoms. The standard InChI is InChI=1S/C28H35N3O6/c1-5-37-28(33)20-7-6-14-30(17-20)18-27(32)31-25(23-13-12-22(35-3)15-26(23)36-4)16-24(29-31)19-8-10-21(34-2)11-9-19/h8-13,15,20,25H,5-7,14,16-18H2,1-4H3/t20-,25-/m0/s1. The zero-order chi connectivity index (χ0) is 26.4. The van der Waals surface area contributed by atoms with Gasteiger partial charge in [-0.15, -0.1) is 0 Å². The maximum Gasteiger partial charge on any atom is 0.310 e. The van der Waals surface area contributed by atoms with Crippen LogP contribution < -0.4 is 14.2 Å². The summed E-state index contributed by atoms with van der Waals surface area (Å²) in [6.45, 7) is 3.59. The Morgan fingerprint density at radius 3 is 2.41 bits per heavy atom. The van der Waals surface area contributed by atoms with Gasteiger partial charge in [0.15, 0.2) is 0 Å². The van der Waals surface area contributed by atoms with E-state index in [1.54, 1.807) is 33.3 Å². The Morgan fingerprint density at radius 2 is 1.73 bits per heavy atom. The van der Waals surface area contributed by atoms with E-state index in [0.717, 1.165) is 42.0 Å². The number of benzene rings is 2. The molecule has 1 saturated heterocycles. The Balaban J connectivity index is 1.59. The number of methoxy groups -OCH3 is 3. The summed E-state index contributed by atoms with van der Waals surface area (Å²) in [6, 6.07) is 12.9. The second-order valence-corrected chi connectivity index (χ2v) is 9.17. The molecule has 37 heavy (non-hydrogen) atoms. The van der Waals surface area contributed by atoms with Crippen molar-refractivity contribution < 1.29 is 28.5 Å². The molecule has 2 heterocycles. The number of likely N-dealkylation sites (tertiary alicyclic amines) is 1. The fraction of sp³-hybridized carbons (Fsp3) is 0.464. The number of hydrazone groups is 1. The monoisotopic (exact) mass is 509 g/mol. The molecule has 2 aliphatic rings. The minimum atomic E-state index is -0.337. The first-order valence-corrected chi connectivity index (χ1v) is 12.6. The van der Waals surface area contributed by atoms with Crippen molar-refractivity contribution in [1.82, 2.24) is 9.91 Å². The van der Waals surface area contributed by atoms with Gasteiger partial charge in [-0.25, -0.2) is 5.01 Å². The van der Waals surface area contributed by atoms with E-state index in [2.05, 4.69) is 0 Å². The van der Waals surface area contributed by atoms with Gasteiger partial charge in [-0.1, -0.05) is 0 Å². The van der Waals surface area contributed by atoms with Gasteiger partial charge in [0.25, 0.3) is 5.91 Å². The van der Waals surface area contributed by atoms with Gasteiger partial charge in [-0.2, -0.15) is 5.10 Å². The lowest BCUT2D eigenvalue weighted by Gasteiger charge is -2.32. The maximum atomic E-state index is 13.7. The van der Waals surface area contributed by atoms with Crippen LogP contribution in [0.2, 0.25) is 0 Å². The molecule has 0 unspecified atom stereocenters. The summed E-state index contributed by atoms with van der Waals surface area (Å²) in [4.78, 5) is 28.0. The summed E-state index contributed by atoms with van der Waals surface area (Å²) < 4.78 is 21.5. The third-order valence-corrected chi connectivity index (χ3v) is 6.87. The van der Waals surface area contributed by atoms with Gasteiger partial charge >= 0.3 is 5.97 Å². The molecule has 1 amide bonds. The van der Waals surface area contributed by atoms with Crippen LogP contribution in [0.25, 0.3) is 0 Å². The lowest BCUT2D eigenvalue weighted by molar-refractivity contribution is -0.150. The van der Waals surface area contributed by atoms with Crippen molar-refractivity contribution in [2.75, 3.05) is 47.6 Å². The molecule has 9 nitrogen and oxygen atoms in total. The van der Waals surface area contributed by atoms with Crippen LogP contribution >= 0.6 is 0 Å². The fourth-order valence-electron chi connectivity index (χ4n) is 4.95. The smallest absolute Gasteiger partial charge is 0.310 e. The molecule has 0 N–H and O–H groups in total. The zero-order valence-electron chi connectivity index (χ0n) is 21.9. The SMILES string of the molecule is CCOC(=O)[C@H]1CCCN(CC(=O)N2N=C(c3ccc(OC)cc3)C[C@H]2c2ccc(OC)cc2OC)C1. The molecule has 4 rings (SSSR count). The van der Waals surface area contributed by atoms with Crippen LogP contribution in [-0.2, 0) is 14.3 Å². The highest BCUT2D eigenvalue weighted by Crippen LogP contribution is 2.39. The Labute approximate surface area is 217 Å². The summed E-state index contributed by atoms with van der Waals surface area (Å²) in [5, 5.41) is 6.36. The number of amides is 1. The van der Waals surface area contributed by atoms with Crippen molar-refractivity contribution in [2.24, 2.45) is 11.0 Å². The molecule has 0 aromatic heterocycles. The largest absolute Gasteiger partial charge is 0.497 e. The van der Waals surface area contributed by atoms with Gasteiger partial charge in [0, 0.05) is 24.6 Å². The van der Waals surface area contributed by atoms with Crippen LogP contribution in [0, 0.1) is 5.92 Å². The van der Waals surface area contributed by atoms with Gasteiger partial charge in [-0.05, 0) is 68.3 Å². The molecule has 9 heteroatoms. The number of hydrogen-bond acceptors (Lipinski definition) is 8. The van der Waals surface area contributed by atoms with E-state index in [0.29, 0.717) is 31.1 Å². The fourth-order valence-corrected chi connectivity index (χ4v) is 4.95. The summed E-state index contributed by atoms with van der Waals surface area (Å²) in [5.74, 6) is 1.53. The molecule has 2 atom stereocenters. The van der Waals surface area contributed by atoms with Crippen molar-refractivity contribution in [3.63, 3.8) is 0 Å². The first-order valence-electron chi connectivity index (χ1n) is 12.6. The highest BCUT2D eigenvalue weighted by molar-refractivity contribution is 6.03. The molecule has 0 aliphatic carbocycles. The molecule has 2 aromatic rings. The second-order valence-electron chi connectivity index (χ2n) is 9.17. The number of piperidine rings is 1. The van der Waals surface area contributed by atoms with Crippen molar-refractivity contribution in [1.29, 1.82) is 0 Å². The van der Waals surface area contributed by atoms with Gasteiger partial charge in [0.2, 0.25) is 0 Å². The van der Waals surface area contributed by atoms with Gasteiger partial charge in [-0.3, -0.25) is 14.5 Å². The number of hydrogen-bond donors (Lipinski definition) is 0. The van der Waals surface area contributed by atoms with E-state index in [1.807, 2.05) is 47.4 Å². The molecule has 2 aromatic carbocycles. The zero-order valence-corrected chi connectivity index (χ0v) is 21.9. The number of carbonyl (C=O) groups excluding carboxylic acids is 2. The number of esters is 1. The van der Waals surface area contributed by atoms with Crippen LogP contribution in [0.1, 0.15) is 43.4 Å². The van der Waals surface area contributed by atoms with E-state index >= 15 is 0 Å². The first kappa shape index (κ1) is 26.5. The predicted molar refractivity (Wildman–Crippen MR) is 139 cm³/mol. The third-order valence-electron chi connectivity index (χ3n) is 6.87. The maximum absolute atomic E-state index is 13.7. The first-order chi connectivity index (χ1) is 18.0. The molecule has 0 bridgehead atoms. The van der Waals surface area contributed by atoms with Crippen molar-refractivity contribution in [3.8, 4) is 17.2 Å². The van der Waals surface area contributed by atoms with Crippen molar-refractivity contribution >= 4 is 17.6 Å². The van der Waals surface area contributed by atoms with E-state index < -0.39 is 0 Å². The summed E-state index contributed by atoms with van der Waals surface area (Å²) in [5.41, 5.74) is 2.59. The van der Waals surface area contributed by atoms with Crippen LogP contribution in [-0.4, -0.2) is 75.1 Å². The normalized spacial score (nSPS) is 19.8. The molecule has 2 aliphatic heterocycles. The Kier molecular flexibility index (Phi) is 8.66. The van der Waals surface area contributed by atoms with Crippen molar-refractivity contribution in [3.05, 3.63) is 53.6 Å². The van der Waals surface area contributed by atoms with E-state index in [9.17, 15) is 9.59 Å². The van der Waals surface area contributed by atoms with Crippen LogP contribution in [0.4, 0.5) is 0 Å². The molecular weight excluding hydrogens is 474 g/mol. The van der Waals surface area contributed by atoms with E-state index in [4.69, 9.17) is 24.0 Å². The molecule has 1 fully saturated rings. The highest BCUT2D eigenvalue weighted by Gasteiger charge is 2.36. The third kappa shape index (κ3) is 6.05. The number of nitrogens with zero attached hydrogens (tertiary/aromatic N) is 3. The Morgan fingerprint density at radius 1 is 1.00 bits per heavy atom. The molecule has 0 radical (unpaired) electrons. The Bertz CT molecular complexity index is 1130. The lowest BCUT2D eigenvalue weighted by atomic mass is 9.97. The van der Waals surface area contributed by atoms with E-state index in [-0.39, 0.29) is 30.4 Å². The van der Waals surface area contributed by atoms with Gasteiger partial charge in [0.05, 0.1) is 52.2 Å². The summed E-state index contributed by atoms with van der Waals surface area (Å²) in [6.07, 6.45) is 2.15. The quantitative estimate of drug-likeness (QED) is 0.477. The summed E-state index contributed by atoms with van der Waals surface area (Å²) in [7, 11) is 4.84. The highest BCUT2D eigenvalue weighted by atomic mass is 16.5. The summed E-state index contributed by atoms with van der Waals surface area (Å²) >= 11 is 0. The second kappa shape index (κ2) is 12.1. The van der Waals surface area contributed by atoms with Gasteiger partial charge in [0.1, 0.15) is 17.2 Å². The average molecular weight is 510 g/mol. The number of ether oxygens (including phenoxy) is 4. The Hall–Kier alpha value is -3.59. The van der Waals surface area contributed by atoms with Crippen LogP contribution in [0.15, 0.2) is 47.6 Å². The van der Waals surface area contributed by atoms with Crippen LogP contribution in [0.5, 0.6) is 17.2 Å². The predicted octanol–water partition coefficient (Wildman–Crippen LogP) is 3.67. The van der Waals surface area contributed by atoms with Crippen molar-refractivity contribution in [2.45, 2.75) is 32.2 Å². The van der Waals surface area contributed by atoms with E-state index in [1.165, 1.54) is 0 Å². The topological polar surface area (TPSA) is 89.9 Å². The minimum Gasteiger partial charge on any atom is -0.497 e. The number of rotatable bonds is 9. The molecular formula is C28H35N3O6.